The van der Waals surface area contributed by atoms with E-state index in [2.05, 4.69) is 6.92 Å². The molecule has 0 spiro atoms. The lowest BCUT2D eigenvalue weighted by Crippen LogP contribution is -2.30. The highest BCUT2D eigenvalue weighted by molar-refractivity contribution is 7.93. The van der Waals surface area contributed by atoms with Gasteiger partial charge in [0.1, 0.15) is 0 Å². The lowest BCUT2D eigenvalue weighted by molar-refractivity contribution is 0.579. The standard InChI is InChI=1S/C14H18O2S/c1-2-12-8-10-14(11-9-12)17(15,16)13-6-4-3-5-7-13/h3-6,8-10,13-14H,2,7,11H2,1H3. The largest absolute Gasteiger partial charge is 0.228 e. The molecule has 2 nitrogen and oxygen atoms in total. The Labute approximate surface area is 103 Å². The third kappa shape index (κ3) is 2.60. The Morgan fingerprint density at radius 3 is 2.47 bits per heavy atom. The maximum Gasteiger partial charge on any atom is 0.163 e. The quantitative estimate of drug-likeness (QED) is 0.771. The first-order valence-corrected chi connectivity index (χ1v) is 7.69. The van der Waals surface area contributed by atoms with Gasteiger partial charge in [0.2, 0.25) is 0 Å². The molecule has 0 aromatic rings. The maximum atomic E-state index is 12.4. The van der Waals surface area contributed by atoms with E-state index in [1.165, 1.54) is 5.57 Å². The molecular weight excluding hydrogens is 232 g/mol. The Kier molecular flexibility index (Phi) is 3.67. The summed E-state index contributed by atoms with van der Waals surface area (Å²) in [5, 5.41) is -0.697. The van der Waals surface area contributed by atoms with Gasteiger partial charge in [-0.2, -0.15) is 0 Å². The molecule has 2 atom stereocenters. The van der Waals surface area contributed by atoms with Gasteiger partial charge in [-0.15, -0.1) is 0 Å². The van der Waals surface area contributed by atoms with Crippen LogP contribution in [-0.2, 0) is 9.84 Å². The van der Waals surface area contributed by atoms with Crippen molar-refractivity contribution in [3.8, 4) is 0 Å². The van der Waals surface area contributed by atoms with Crippen molar-refractivity contribution in [1.29, 1.82) is 0 Å². The predicted octanol–water partition coefficient (Wildman–Crippen LogP) is 2.95. The Bertz CT molecular complexity index is 492. The van der Waals surface area contributed by atoms with Gasteiger partial charge in [0.25, 0.3) is 0 Å². The van der Waals surface area contributed by atoms with Crippen molar-refractivity contribution < 1.29 is 8.42 Å². The molecule has 0 saturated heterocycles. The Hall–Kier alpha value is -1.09. The molecule has 0 amide bonds. The number of hydrogen-bond acceptors (Lipinski definition) is 2. The molecular formula is C14H18O2S. The zero-order chi connectivity index (χ0) is 12.3. The van der Waals surface area contributed by atoms with E-state index in [-0.39, 0.29) is 10.5 Å². The number of allylic oxidation sites excluding steroid dienone is 6. The van der Waals surface area contributed by atoms with E-state index >= 15 is 0 Å². The monoisotopic (exact) mass is 250 g/mol. The molecule has 0 aromatic carbocycles. The van der Waals surface area contributed by atoms with Gasteiger partial charge in [-0.05, 0) is 19.3 Å². The second kappa shape index (κ2) is 5.05. The first-order chi connectivity index (χ1) is 8.14. The van der Waals surface area contributed by atoms with E-state index in [0.717, 1.165) is 6.42 Å². The third-order valence-electron chi connectivity index (χ3n) is 3.33. The SMILES string of the molecule is CCC1=CCC(S(=O)(=O)C2C=CC=CC2)C=C1. The number of rotatable bonds is 3. The lowest BCUT2D eigenvalue weighted by Gasteiger charge is -2.21. The van der Waals surface area contributed by atoms with Gasteiger partial charge in [0, 0.05) is 0 Å². The minimum atomic E-state index is -3.09. The Morgan fingerprint density at radius 2 is 1.94 bits per heavy atom. The van der Waals surface area contributed by atoms with E-state index in [1.54, 1.807) is 6.08 Å². The molecule has 17 heavy (non-hydrogen) atoms. The van der Waals surface area contributed by atoms with Crippen LogP contribution in [0.1, 0.15) is 26.2 Å². The Morgan fingerprint density at radius 1 is 1.18 bits per heavy atom. The van der Waals surface area contributed by atoms with Crippen LogP contribution < -0.4 is 0 Å². The molecule has 0 aromatic heterocycles. The predicted molar refractivity (Wildman–Crippen MR) is 71.5 cm³/mol. The fourth-order valence-electron chi connectivity index (χ4n) is 2.18. The fourth-order valence-corrected chi connectivity index (χ4v) is 3.98. The first-order valence-electron chi connectivity index (χ1n) is 6.08. The molecule has 2 rings (SSSR count). The van der Waals surface area contributed by atoms with Crippen LogP contribution in [0.3, 0.4) is 0 Å². The summed E-state index contributed by atoms with van der Waals surface area (Å²) in [6.07, 6.45) is 15.5. The van der Waals surface area contributed by atoms with Crippen molar-refractivity contribution in [2.24, 2.45) is 0 Å². The van der Waals surface area contributed by atoms with Crippen molar-refractivity contribution in [2.75, 3.05) is 0 Å². The van der Waals surface area contributed by atoms with Crippen LogP contribution in [0, 0.1) is 0 Å². The minimum absolute atomic E-state index is 0.348. The highest BCUT2D eigenvalue weighted by Gasteiger charge is 2.30. The smallest absolute Gasteiger partial charge is 0.163 e. The van der Waals surface area contributed by atoms with E-state index in [9.17, 15) is 8.42 Å². The molecule has 2 aliphatic carbocycles. The highest BCUT2D eigenvalue weighted by atomic mass is 32.2. The number of hydrogen-bond donors (Lipinski definition) is 0. The van der Waals surface area contributed by atoms with E-state index < -0.39 is 9.84 Å². The molecule has 3 heteroatoms. The van der Waals surface area contributed by atoms with Gasteiger partial charge in [-0.1, -0.05) is 55.0 Å². The average Bonchev–Trinajstić information content (AvgIpc) is 2.40. The molecule has 0 fully saturated rings. The van der Waals surface area contributed by atoms with Gasteiger partial charge < -0.3 is 0 Å². The summed E-state index contributed by atoms with van der Waals surface area (Å²) in [6, 6.07) is 0. The molecule has 2 unspecified atom stereocenters. The van der Waals surface area contributed by atoms with Crippen LogP contribution in [0.4, 0.5) is 0 Å². The summed E-state index contributed by atoms with van der Waals surface area (Å²) in [5.41, 5.74) is 1.23. The van der Waals surface area contributed by atoms with Crippen LogP contribution in [-0.4, -0.2) is 18.9 Å². The van der Waals surface area contributed by atoms with Crippen LogP contribution in [0.25, 0.3) is 0 Å². The highest BCUT2D eigenvalue weighted by Crippen LogP contribution is 2.25. The topological polar surface area (TPSA) is 34.1 Å². The van der Waals surface area contributed by atoms with Crippen molar-refractivity contribution in [3.05, 3.63) is 48.1 Å². The summed E-state index contributed by atoms with van der Waals surface area (Å²) in [6.45, 7) is 2.08. The minimum Gasteiger partial charge on any atom is -0.228 e. The van der Waals surface area contributed by atoms with Gasteiger partial charge >= 0.3 is 0 Å². The molecule has 0 saturated carbocycles. The summed E-state index contributed by atoms with van der Waals surface area (Å²) >= 11 is 0. The molecule has 0 aliphatic heterocycles. The van der Waals surface area contributed by atoms with Crippen LogP contribution in [0.2, 0.25) is 0 Å². The van der Waals surface area contributed by atoms with Crippen molar-refractivity contribution in [1.82, 2.24) is 0 Å². The van der Waals surface area contributed by atoms with Gasteiger partial charge in [-0.25, -0.2) is 8.42 Å². The van der Waals surface area contributed by atoms with Crippen molar-refractivity contribution in [3.63, 3.8) is 0 Å². The lowest BCUT2D eigenvalue weighted by atomic mass is 10.1. The van der Waals surface area contributed by atoms with Crippen LogP contribution in [0.5, 0.6) is 0 Å². The van der Waals surface area contributed by atoms with Gasteiger partial charge in [0.15, 0.2) is 9.84 Å². The molecule has 2 aliphatic rings. The second-order valence-corrected chi connectivity index (χ2v) is 6.83. The van der Waals surface area contributed by atoms with Crippen LogP contribution >= 0.6 is 0 Å². The summed E-state index contributed by atoms with van der Waals surface area (Å²) in [5.74, 6) is 0. The number of sulfone groups is 1. The molecule has 92 valence electrons. The average molecular weight is 250 g/mol. The van der Waals surface area contributed by atoms with E-state index in [1.807, 2.05) is 36.5 Å². The van der Waals surface area contributed by atoms with E-state index in [4.69, 9.17) is 0 Å². The maximum absolute atomic E-state index is 12.4. The summed E-state index contributed by atoms with van der Waals surface area (Å²) in [4.78, 5) is 0. The zero-order valence-corrected chi connectivity index (χ0v) is 10.9. The Balaban J connectivity index is 2.13. The summed E-state index contributed by atoms with van der Waals surface area (Å²) < 4.78 is 24.7. The van der Waals surface area contributed by atoms with Crippen molar-refractivity contribution in [2.45, 2.75) is 36.7 Å². The third-order valence-corrected chi connectivity index (χ3v) is 5.72. The molecule has 0 radical (unpaired) electrons. The van der Waals surface area contributed by atoms with Crippen molar-refractivity contribution >= 4 is 9.84 Å². The first kappa shape index (κ1) is 12.4. The molecule has 0 heterocycles. The molecule has 0 N–H and O–H groups in total. The summed E-state index contributed by atoms with van der Waals surface area (Å²) in [7, 11) is -3.09. The fraction of sp³-hybridized carbons (Fsp3) is 0.429. The second-order valence-electron chi connectivity index (χ2n) is 4.44. The van der Waals surface area contributed by atoms with Gasteiger partial charge in [0.05, 0.1) is 10.5 Å². The zero-order valence-electron chi connectivity index (χ0n) is 10.0. The van der Waals surface area contributed by atoms with Crippen LogP contribution in [0.15, 0.2) is 48.1 Å². The van der Waals surface area contributed by atoms with Gasteiger partial charge in [-0.3, -0.25) is 0 Å². The van der Waals surface area contributed by atoms with E-state index in [0.29, 0.717) is 12.8 Å². The normalized spacial score (nSPS) is 28.2. The molecule has 0 bridgehead atoms.